The number of furan rings is 1. The van der Waals surface area contributed by atoms with Crippen molar-refractivity contribution in [3.8, 4) is 0 Å². The first-order valence-electron chi connectivity index (χ1n) is 8.46. The van der Waals surface area contributed by atoms with Gasteiger partial charge in [-0.1, -0.05) is 40.2 Å². The van der Waals surface area contributed by atoms with Crippen molar-refractivity contribution < 1.29 is 14.0 Å². The number of aryl methyl sites for hydroxylation is 1. The average molecular weight is 427 g/mol. The van der Waals surface area contributed by atoms with Crippen LogP contribution in [0.4, 0.5) is 5.69 Å². The van der Waals surface area contributed by atoms with Gasteiger partial charge in [-0.3, -0.25) is 9.59 Å². The number of rotatable bonds is 5. The molecule has 0 aliphatic carbocycles. The van der Waals surface area contributed by atoms with Crippen LogP contribution in [0.2, 0.25) is 0 Å². The van der Waals surface area contributed by atoms with Crippen LogP contribution in [0.5, 0.6) is 0 Å². The van der Waals surface area contributed by atoms with Crippen molar-refractivity contribution >= 4 is 33.4 Å². The number of carbonyl (C=O) groups is 2. The van der Waals surface area contributed by atoms with Gasteiger partial charge in [0.15, 0.2) is 5.76 Å². The maximum Gasteiger partial charge on any atom is 0.291 e. The highest BCUT2D eigenvalue weighted by molar-refractivity contribution is 9.10. The van der Waals surface area contributed by atoms with Gasteiger partial charge in [0.1, 0.15) is 0 Å². The summed E-state index contributed by atoms with van der Waals surface area (Å²) >= 11 is 3.50. The molecule has 0 radical (unpaired) electrons. The van der Waals surface area contributed by atoms with Crippen LogP contribution in [0.3, 0.4) is 0 Å². The highest BCUT2D eigenvalue weighted by Gasteiger charge is 2.16. The summed E-state index contributed by atoms with van der Waals surface area (Å²) in [7, 11) is 0. The Morgan fingerprint density at radius 3 is 2.52 bits per heavy atom. The fourth-order valence-corrected chi connectivity index (χ4v) is 3.30. The van der Waals surface area contributed by atoms with E-state index in [2.05, 4.69) is 26.6 Å². The Labute approximate surface area is 165 Å². The van der Waals surface area contributed by atoms with E-state index in [1.165, 1.54) is 6.26 Å². The van der Waals surface area contributed by atoms with E-state index >= 15 is 0 Å². The SMILES string of the molecule is Cc1ccc(C(=O)NC(C)c2ccccc2Br)cc1NC(=O)c1ccco1. The first kappa shape index (κ1) is 18.9. The van der Waals surface area contributed by atoms with Crippen LogP contribution in [0, 0.1) is 6.92 Å². The predicted octanol–water partition coefficient (Wildman–Crippen LogP) is 5.09. The minimum atomic E-state index is -0.359. The summed E-state index contributed by atoms with van der Waals surface area (Å²) in [4.78, 5) is 24.9. The number of carbonyl (C=O) groups excluding carboxylic acids is 2. The molecule has 5 nitrogen and oxygen atoms in total. The Hall–Kier alpha value is -2.86. The van der Waals surface area contributed by atoms with E-state index in [0.717, 1.165) is 15.6 Å². The number of amides is 2. The predicted molar refractivity (Wildman–Crippen MR) is 108 cm³/mol. The fraction of sp³-hybridized carbons (Fsp3) is 0.143. The lowest BCUT2D eigenvalue weighted by Crippen LogP contribution is -2.27. The summed E-state index contributed by atoms with van der Waals surface area (Å²) in [5.74, 6) is -0.360. The Morgan fingerprint density at radius 2 is 1.81 bits per heavy atom. The molecule has 0 saturated carbocycles. The van der Waals surface area contributed by atoms with Crippen LogP contribution in [0.1, 0.15) is 45.0 Å². The van der Waals surface area contributed by atoms with Crippen LogP contribution in [0.15, 0.2) is 69.8 Å². The van der Waals surface area contributed by atoms with E-state index in [-0.39, 0.29) is 23.6 Å². The zero-order valence-corrected chi connectivity index (χ0v) is 16.5. The molecule has 1 aromatic heterocycles. The summed E-state index contributed by atoms with van der Waals surface area (Å²) in [6.45, 7) is 3.79. The molecule has 1 heterocycles. The van der Waals surface area contributed by atoms with Gasteiger partial charge in [0, 0.05) is 15.7 Å². The molecule has 0 bridgehead atoms. The summed E-state index contributed by atoms with van der Waals surface area (Å²) in [6, 6.07) is 16.0. The van der Waals surface area contributed by atoms with Crippen molar-refractivity contribution in [3.05, 3.63) is 87.8 Å². The van der Waals surface area contributed by atoms with Gasteiger partial charge in [-0.2, -0.15) is 0 Å². The lowest BCUT2D eigenvalue weighted by molar-refractivity contribution is 0.0938. The van der Waals surface area contributed by atoms with E-state index in [9.17, 15) is 9.59 Å². The maximum absolute atomic E-state index is 12.7. The number of hydrogen-bond acceptors (Lipinski definition) is 3. The molecule has 0 fully saturated rings. The average Bonchev–Trinajstić information content (AvgIpc) is 3.18. The molecule has 1 unspecified atom stereocenters. The number of anilines is 1. The van der Waals surface area contributed by atoms with Crippen molar-refractivity contribution in [1.82, 2.24) is 5.32 Å². The smallest absolute Gasteiger partial charge is 0.291 e. The highest BCUT2D eigenvalue weighted by Crippen LogP contribution is 2.24. The number of hydrogen-bond donors (Lipinski definition) is 2. The van der Waals surface area contributed by atoms with Crippen molar-refractivity contribution in [3.63, 3.8) is 0 Å². The molecule has 27 heavy (non-hydrogen) atoms. The van der Waals surface area contributed by atoms with Crippen LogP contribution in [-0.2, 0) is 0 Å². The Morgan fingerprint density at radius 1 is 1.04 bits per heavy atom. The summed E-state index contributed by atoms with van der Waals surface area (Å²) in [5, 5.41) is 5.76. The molecule has 138 valence electrons. The van der Waals surface area contributed by atoms with Crippen molar-refractivity contribution in [2.24, 2.45) is 0 Å². The highest BCUT2D eigenvalue weighted by atomic mass is 79.9. The van der Waals surface area contributed by atoms with E-state index in [1.54, 1.807) is 30.3 Å². The van der Waals surface area contributed by atoms with Gasteiger partial charge >= 0.3 is 0 Å². The second-order valence-electron chi connectivity index (χ2n) is 6.18. The van der Waals surface area contributed by atoms with Crippen molar-refractivity contribution in [1.29, 1.82) is 0 Å². The minimum Gasteiger partial charge on any atom is -0.459 e. The molecule has 0 aliphatic heterocycles. The quantitative estimate of drug-likeness (QED) is 0.596. The molecule has 2 N–H and O–H groups in total. The second-order valence-corrected chi connectivity index (χ2v) is 7.03. The van der Waals surface area contributed by atoms with E-state index < -0.39 is 0 Å². The van der Waals surface area contributed by atoms with E-state index in [4.69, 9.17) is 4.42 Å². The normalized spacial score (nSPS) is 11.7. The van der Waals surface area contributed by atoms with Crippen LogP contribution in [-0.4, -0.2) is 11.8 Å². The third-order valence-electron chi connectivity index (χ3n) is 4.21. The molecule has 3 aromatic rings. The number of halogens is 1. The topological polar surface area (TPSA) is 71.3 Å². The Bertz CT molecular complexity index is 967. The van der Waals surface area contributed by atoms with Crippen molar-refractivity contribution in [2.75, 3.05) is 5.32 Å². The van der Waals surface area contributed by atoms with Crippen LogP contribution in [0.25, 0.3) is 0 Å². The van der Waals surface area contributed by atoms with Gasteiger partial charge in [-0.15, -0.1) is 0 Å². The monoisotopic (exact) mass is 426 g/mol. The molecule has 1 atom stereocenters. The molecular formula is C21H19BrN2O3. The molecule has 0 aliphatic rings. The zero-order chi connectivity index (χ0) is 19.4. The fourth-order valence-electron chi connectivity index (χ4n) is 2.67. The number of nitrogens with one attached hydrogen (secondary N) is 2. The minimum absolute atomic E-state index is 0.171. The molecular weight excluding hydrogens is 408 g/mol. The second kappa shape index (κ2) is 8.22. The van der Waals surface area contributed by atoms with Crippen molar-refractivity contribution in [2.45, 2.75) is 19.9 Å². The molecule has 2 aromatic carbocycles. The van der Waals surface area contributed by atoms with Crippen LogP contribution < -0.4 is 10.6 Å². The summed E-state index contributed by atoms with van der Waals surface area (Å²) < 4.78 is 6.04. The van der Waals surface area contributed by atoms with Gasteiger partial charge in [0.2, 0.25) is 0 Å². The van der Waals surface area contributed by atoms with Gasteiger partial charge < -0.3 is 15.1 Å². The largest absolute Gasteiger partial charge is 0.459 e. The van der Waals surface area contributed by atoms with Crippen LogP contribution >= 0.6 is 15.9 Å². The van der Waals surface area contributed by atoms with Gasteiger partial charge in [-0.05, 0) is 55.3 Å². The Kier molecular flexibility index (Phi) is 5.76. The maximum atomic E-state index is 12.7. The molecule has 3 rings (SSSR count). The first-order chi connectivity index (χ1) is 13.0. The third-order valence-corrected chi connectivity index (χ3v) is 4.93. The number of benzene rings is 2. The van der Waals surface area contributed by atoms with E-state index in [0.29, 0.717) is 11.3 Å². The zero-order valence-electron chi connectivity index (χ0n) is 15.0. The first-order valence-corrected chi connectivity index (χ1v) is 9.26. The molecule has 2 amide bonds. The standard InChI is InChI=1S/C21H19BrN2O3/c1-13-9-10-15(12-18(13)24-21(26)19-8-5-11-27-19)20(25)23-14(2)16-6-3-4-7-17(16)22/h3-12,14H,1-2H3,(H,23,25)(H,24,26). The van der Waals surface area contributed by atoms with E-state index in [1.807, 2.05) is 38.1 Å². The molecule has 0 saturated heterocycles. The molecule has 6 heteroatoms. The summed E-state index contributed by atoms with van der Waals surface area (Å²) in [6.07, 6.45) is 1.44. The molecule has 0 spiro atoms. The van der Waals surface area contributed by atoms with Gasteiger partial charge in [0.05, 0.1) is 12.3 Å². The van der Waals surface area contributed by atoms with Gasteiger partial charge in [0.25, 0.3) is 11.8 Å². The third kappa shape index (κ3) is 4.46. The van der Waals surface area contributed by atoms with Gasteiger partial charge in [-0.25, -0.2) is 0 Å². The summed E-state index contributed by atoms with van der Waals surface area (Å²) in [5.41, 5.74) is 2.88. The lowest BCUT2D eigenvalue weighted by atomic mass is 10.1. The lowest BCUT2D eigenvalue weighted by Gasteiger charge is -2.16. The Balaban J connectivity index is 1.75.